The zero-order chi connectivity index (χ0) is 21.1. The van der Waals surface area contributed by atoms with Crippen LogP contribution in [0.2, 0.25) is 0 Å². The first-order valence-corrected chi connectivity index (χ1v) is 9.84. The number of anilines is 1. The Kier molecular flexibility index (Phi) is 5.60. The lowest BCUT2D eigenvalue weighted by atomic mass is 9.97. The number of aromatic nitrogens is 5. The second kappa shape index (κ2) is 8.33. The van der Waals surface area contributed by atoms with Crippen LogP contribution in [0.4, 0.5) is 19.1 Å². The van der Waals surface area contributed by atoms with Crippen LogP contribution in [0.5, 0.6) is 0 Å². The molecule has 1 saturated heterocycles. The van der Waals surface area contributed by atoms with Gasteiger partial charge in [-0.2, -0.15) is 18.3 Å². The maximum atomic E-state index is 13.1. The molecule has 0 saturated carbocycles. The summed E-state index contributed by atoms with van der Waals surface area (Å²) in [4.78, 5) is 14.4. The van der Waals surface area contributed by atoms with Gasteiger partial charge in [-0.15, -0.1) is 10.2 Å². The summed E-state index contributed by atoms with van der Waals surface area (Å²) in [6.07, 6.45) is 2.37. The molecule has 1 fully saturated rings. The van der Waals surface area contributed by atoms with E-state index in [0.29, 0.717) is 31.2 Å². The zero-order valence-corrected chi connectivity index (χ0v) is 16.2. The molecule has 0 unspecified atom stereocenters. The van der Waals surface area contributed by atoms with Gasteiger partial charge in [0, 0.05) is 44.8 Å². The Morgan fingerprint density at radius 1 is 1.27 bits per heavy atom. The summed E-state index contributed by atoms with van der Waals surface area (Å²) in [6.45, 7) is 2.26. The topological polar surface area (TPSA) is 80.3 Å². The lowest BCUT2D eigenvalue weighted by molar-refractivity contribution is -0.137. The summed E-state index contributed by atoms with van der Waals surface area (Å²) in [5, 5.41) is 15.1. The third-order valence-electron chi connectivity index (χ3n) is 5.21. The minimum Gasteiger partial charge on any atom is -0.356 e. The van der Waals surface area contributed by atoms with Gasteiger partial charge in [0.2, 0.25) is 11.9 Å². The SMILES string of the molecule is O=C(NCCCn1cccn1)[C@@H]1CCCN(c2nnc3ccc(C(F)(F)F)cn23)C1. The Hall–Kier alpha value is -3.11. The largest absolute Gasteiger partial charge is 0.417 e. The van der Waals surface area contributed by atoms with Gasteiger partial charge in [-0.25, -0.2) is 0 Å². The van der Waals surface area contributed by atoms with E-state index in [0.717, 1.165) is 38.1 Å². The molecule has 1 atom stereocenters. The van der Waals surface area contributed by atoms with Crippen molar-refractivity contribution in [1.82, 2.24) is 29.7 Å². The van der Waals surface area contributed by atoms with E-state index in [9.17, 15) is 18.0 Å². The van der Waals surface area contributed by atoms with Gasteiger partial charge in [-0.1, -0.05) is 0 Å². The van der Waals surface area contributed by atoms with Crippen molar-refractivity contribution >= 4 is 17.5 Å². The lowest BCUT2D eigenvalue weighted by Crippen LogP contribution is -2.44. The highest BCUT2D eigenvalue weighted by Crippen LogP contribution is 2.30. The molecule has 30 heavy (non-hydrogen) atoms. The Balaban J connectivity index is 1.39. The van der Waals surface area contributed by atoms with Gasteiger partial charge in [-0.3, -0.25) is 13.9 Å². The van der Waals surface area contributed by atoms with Crippen molar-refractivity contribution in [2.75, 3.05) is 24.5 Å². The maximum absolute atomic E-state index is 13.1. The molecule has 8 nitrogen and oxygen atoms in total. The molecule has 0 aliphatic carbocycles. The predicted octanol–water partition coefficient (Wildman–Crippen LogP) is 2.37. The van der Waals surface area contributed by atoms with E-state index in [4.69, 9.17) is 0 Å². The number of pyridine rings is 1. The van der Waals surface area contributed by atoms with Crippen LogP contribution in [0.1, 0.15) is 24.8 Å². The summed E-state index contributed by atoms with van der Waals surface area (Å²) in [5.74, 6) is 0.0267. The Morgan fingerprint density at radius 3 is 2.90 bits per heavy atom. The minimum absolute atomic E-state index is 0.0510. The van der Waals surface area contributed by atoms with Crippen LogP contribution in [-0.4, -0.2) is 49.9 Å². The third kappa shape index (κ3) is 4.39. The van der Waals surface area contributed by atoms with Crippen LogP contribution in [0.25, 0.3) is 5.65 Å². The Bertz CT molecular complexity index is 999. The maximum Gasteiger partial charge on any atom is 0.417 e. The summed E-state index contributed by atoms with van der Waals surface area (Å²) >= 11 is 0. The monoisotopic (exact) mass is 421 g/mol. The average molecular weight is 421 g/mol. The number of hydrogen-bond donors (Lipinski definition) is 1. The number of halogens is 3. The predicted molar refractivity (Wildman–Crippen MR) is 103 cm³/mol. The molecule has 1 N–H and O–H groups in total. The van der Waals surface area contributed by atoms with Crippen molar-refractivity contribution in [2.24, 2.45) is 5.92 Å². The average Bonchev–Trinajstić information content (AvgIpc) is 3.39. The van der Waals surface area contributed by atoms with Crippen molar-refractivity contribution in [3.8, 4) is 0 Å². The van der Waals surface area contributed by atoms with Gasteiger partial charge in [0.1, 0.15) is 0 Å². The molecular weight excluding hydrogens is 399 g/mol. The first kappa shape index (κ1) is 20.2. The molecular formula is C19H22F3N7O. The number of alkyl halides is 3. The molecule has 3 aromatic heterocycles. The number of aryl methyl sites for hydroxylation is 1. The van der Waals surface area contributed by atoms with Crippen molar-refractivity contribution < 1.29 is 18.0 Å². The summed E-state index contributed by atoms with van der Waals surface area (Å²) in [6, 6.07) is 4.14. The van der Waals surface area contributed by atoms with Crippen LogP contribution < -0.4 is 10.2 Å². The normalized spacial score (nSPS) is 17.4. The number of nitrogens with one attached hydrogen (secondary N) is 1. The fourth-order valence-corrected chi connectivity index (χ4v) is 3.66. The minimum atomic E-state index is -4.45. The molecule has 3 aromatic rings. The van der Waals surface area contributed by atoms with E-state index >= 15 is 0 Å². The number of carbonyl (C=O) groups excluding carboxylic acids is 1. The fourth-order valence-electron chi connectivity index (χ4n) is 3.66. The molecule has 1 aliphatic heterocycles. The molecule has 0 aromatic carbocycles. The van der Waals surface area contributed by atoms with E-state index in [2.05, 4.69) is 20.6 Å². The van der Waals surface area contributed by atoms with Gasteiger partial charge in [-0.05, 0) is 37.5 Å². The molecule has 11 heteroatoms. The molecule has 0 radical (unpaired) electrons. The van der Waals surface area contributed by atoms with Gasteiger partial charge in [0.05, 0.1) is 11.5 Å². The standard InChI is InChI=1S/C19H22F3N7O/c20-19(21,22)15-5-6-16-25-26-18(29(16)13-15)27-9-1-4-14(12-27)17(30)23-7-2-10-28-11-3-8-24-28/h3,5-6,8,11,13-14H,1-2,4,7,9-10,12H2,(H,23,30)/t14-/m1/s1. The molecule has 0 spiro atoms. The van der Waals surface area contributed by atoms with Crippen LogP contribution >= 0.6 is 0 Å². The Labute approximate surface area is 170 Å². The van der Waals surface area contributed by atoms with E-state index in [-0.39, 0.29) is 11.8 Å². The first-order chi connectivity index (χ1) is 14.4. The van der Waals surface area contributed by atoms with E-state index < -0.39 is 11.7 Å². The smallest absolute Gasteiger partial charge is 0.356 e. The van der Waals surface area contributed by atoms with Gasteiger partial charge < -0.3 is 10.2 Å². The van der Waals surface area contributed by atoms with Crippen molar-refractivity contribution in [3.05, 3.63) is 42.4 Å². The van der Waals surface area contributed by atoms with Crippen LogP contribution in [0, 0.1) is 5.92 Å². The number of piperidine rings is 1. The first-order valence-electron chi connectivity index (χ1n) is 9.84. The van der Waals surface area contributed by atoms with Gasteiger partial charge in [0.25, 0.3) is 0 Å². The number of fused-ring (bicyclic) bond motifs is 1. The highest BCUT2D eigenvalue weighted by atomic mass is 19.4. The Morgan fingerprint density at radius 2 is 2.13 bits per heavy atom. The summed E-state index contributed by atoms with van der Waals surface area (Å²) in [5.41, 5.74) is -0.428. The third-order valence-corrected chi connectivity index (χ3v) is 5.21. The molecule has 1 amide bonds. The number of amides is 1. The van der Waals surface area contributed by atoms with Crippen LogP contribution in [0.15, 0.2) is 36.8 Å². The second-order valence-electron chi connectivity index (χ2n) is 7.34. The number of hydrogen-bond acceptors (Lipinski definition) is 5. The highest BCUT2D eigenvalue weighted by molar-refractivity contribution is 5.79. The second-order valence-corrected chi connectivity index (χ2v) is 7.34. The highest BCUT2D eigenvalue weighted by Gasteiger charge is 2.32. The molecule has 0 bridgehead atoms. The van der Waals surface area contributed by atoms with Crippen molar-refractivity contribution in [1.29, 1.82) is 0 Å². The van der Waals surface area contributed by atoms with Crippen molar-refractivity contribution in [3.63, 3.8) is 0 Å². The number of nitrogens with zero attached hydrogens (tertiary/aromatic N) is 6. The van der Waals surface area contributed by atoms with E-state index in [1.807, 2.05) is 17.2 Å². The van der Waals surface area contributed by atoms with Gasteiger partial charge >= 0.3 is 6.18 Å². The zero-order valence-electron chi connectivity index (χ0n) is 16.2. The van der Waals surface area contributed by atoms with E-state index in [1.165, 1.54) is 10.5 Å². The van der Waals surface area contributed by atoms with E-state index in [1.54, 1.807) is 10.9 Å². The van der Waals surface area contributed by atoms with Crippen LogP contribution in [0.3, 0.4) is 0 Å². The summed E-state index contributed by atoms with van der Waals surface area (Å²) in [7, 11) is 0. The van der Waals surface area contributed by atoms with Crippen molar-refractivity contribution in [2.45, 2.75) is 32.0 Å². The molecule has 160 valence electrons. The van der Waals surface area contributed by atoms with Gasteiger partial charge in [0.15, 0.2) is 5.65 Å². The van der Waals surface area contributed by atoms with Crippen LogP contribution in [-0.2, 0) is 17.5 Å². The molecule has 4 heterocycles. The number of rotatable bonds is 6. The summed E-state index contributed by atoms with van der Waals surface area (Å²) < 4.78 is 42.4. The number of carbonyl (C=O) groups is 1. The fraction of sp³-hybridized carbons (Fsp3) is 0.474. The lowest BCUT2D eigenvalue weighted by Gasteiger charge is -2.32. The molecule has 1 aliphatic rings. The molecule has 4 rings (SSSR count). The quantitative estimate of drug-likeness (QED) is 0.618.